The summed E-state index contributed by atoms with van der Waals surface area (Å²) in [6.45, 7) is 5.24. The van der Waals surface area contributed by atoms with Gasteiger partial charge in [-0.2, -0.15) is 5.26 Å². The Bertz CT molecular complexity index is 1590. The van der Waals surface area contributed by atoms with Crippen molar-refractivity contribution in [2.24, 2.45) is 5.41 Å². The molecule has 198 valence electrons. The Morgan fingerprint density at radius 3 is 2.56 bits per heavy atom. The quantitative estimate of drug-likeness (QED) is 0.319. The summed E-state index contributed by atoms with van der Waals surface area (Å²) >= 11 is 1.33. The molecule has 0 atom stereocenters. The van der Waals surface area contributed by atoms with Crippen LogP contribution in [0.4, 0.5) is 15.9 Å². The molecule has 1 aliphatic rings. The molecule has 0 aliphatic carbocycles. The van der Waals surface area contributed by atoms with Crippen molar-refractivity contribution in [2.45, 2.75) is 26.7 Å². The van der Waals surface area contributed by atoms with E-state index in [0.717, 1.165) is 21.4 Å². The number of benzene rings is 1. The monoisotopic (exact) mass is 542 g/mol. The first-order chi connectivity index (χ1) is 18.8. The topological polar surface area (TPSA) is 157 Å². The van der Waals surface area contributed by atoms with E-state index < -0.39 is 11.4 Å². The van der Waals surface area contributed by atoms with E-state index in [0.29, 0.717) is 60.3 Å². The van der Waals surface area contributed by atoms with E-state index in [9.17, 15) is 20.0 Å². The number of anilines is 2. The van der Waals surface area contributed by atoms with Crippen molar-refractivity contribution in [3.05, 3.63) is 48.4 Å². The smallest absolute Gasteiger partial charge is 0.321 e. The third kappa shape index (κ3) is 5.35. The lowest BCUT2D eigenvalue weighted by Gasteiger charge is -2.36. The Balaban J connectivity index is 1.49. The van der Waals surface area contributed by atoms with Crippen LogP contribution in [0.5, 0.6) is 0 Å². The number of hydrogen-bond acceptors (Lipinski definition) is 9. The first-order valence-corrected chi connectivity index (χ1v) is 13.3. The summed E-state index contributed by atoms with van der Waals surface area (Å²) in [5.74, 6) is -0.219. The summed E-state index contributed by atoms with van der Waals surface area (Å²) in [7, 11) is 0. The summed E-state index contributed by atoms with van der Waals surface area (Å²) in [6.07, 6.45) is 6.11. The van der Waals surface area contributed by atoms with E-state index in [2.05, 4.69) is 36.6 Å². The minimum absolute atomic E-state index is 0.340. The number of urea groups is 1. The number of nitrogens with one attached hydrogen (secondary N) is 2. The van der Waals surface area contributed by atoms with Crippen LogP contribution >= 0.6 is 11.3 Å². The van der Waals surface area contributed by atoms with Crippen LogP contribution in [0.3, 0.4) is 0 Å². The molecule has 1 fully saturated rings. The number of nitriles is 1. The number of hydrogen-bond donors (Lipinski definition) is 3. The number of carboxylic acids is 1. The maximum Gasteiger partial charge on any atom is 0.321 e. The average Bonchev–Trinajstić information content (AvgIpc) is 3.35. The zero-order chi connectivity index (χ0) is 27.6. The second kappa shape index (κ2) is 10.6. The average molecular weight is 543 g/mol. The highest BCUT2D eigenvalue weighted by Crippen LogP contribution is 2.38. The van der Waals surface area contributed by atoms with E-state index in [4.69, 9.17) is 0 Å². The molecule has 39 heavy (non-hydrogen) atoms. The van der Waals surface area contributed by atoms with Gasteiger partial charge in [0.05, 0.1) is 33.0 Å². The molecule has 2 amide bonds. The van der Waals surface area contributed by atoms with E-state index >= 15 is 0 Å². The first-order valence-electron chi connectivity index (χ1n) is 12.5. The van der Waals surface area contributed by atoms with E-state index in [1.165, 1.54) is 11.3 Å². The predicted octanol–water partition coefficient (Wildman–Crippen LogP) is 4.52. The summed E-state index contributed by atoms with van der Waals surface area (Å²) in [4.78, 5) is 43.9. The molecule has 1 saturated heterocycles. The molecule has 0 saturated carbocycles. The molecule has 1 aliphatic heterocycles. The van der Waals surface area contributed by atoms with Gasteiger partial charge in [0, 0.05) is 49.4 Å². The Morgan fingerprint density at radius 2 is 1.90 bits per heavy atom. The standard InChI is InChI=1S/C27H26N8O3S/c1-3-29-25(38)34-26-33-21-12-17(11-19(22(21)39-26)20-10-16(13-28)4-7-30-20)18-14-31-24(32-15-18)35-8-5-27(2,6-9-35)23(36)37/h4,7,10-12,14-15H,3,5-6,8-9H2,1-2H3,(H,36,37)(H2,29,33,34,38). The minimum atomic E-state index is -0.772. The fourth-order valence-electron chi connectivity index (χ4n) is 4.44. The first kappa shape index (κ1) is 26.0. The number of amides is 2. The van der Waals surface area contributed by atoms with Crippen molar-refractivity contribution in [1.29, 1.82) is 5.26 Å². The third-order valence-corrected chi connectivity index (χ3v) is 7.87. The fourth-order valence-corrected chi connectivity index (χ4v) is 5.40. The van der Waals surface area contributed by atoms with Crippen molar-refractivity contribution < 1.29 is 14.7 Å². The summed E-state index contributed by atoms with van der Waals surface area (Å²) in [6, 6.07) is 9.04. The highest BCUT2D eigenvalue weighted by Gasteiger charge is 2.37. The van der Waals surface area contributed by atoms with Crippen LogP contribution in [0, 0.1) is 16.7 Å². The van der Waals surface area contributed by atoms with Gasteiger partial charge >= 0.3 is 12.0 Å². The fraction of sp³-hybridized carbons (Fsp3) is 0.296. The van der Waals surface area contributed by atoms with Gasteiger partial charge in [0.15, 0.2) is 5.13 Å². The molecule has 0 bridgehead atoms. The van der Waals surface area contributed by atoms with Gasteiger partial charge in [0.1, 0.15) is 0 Å². The minimum Gasteiger partial charge on any atom is -0.481 e. The zero-order valence-corrected chi connectivity index (χ0v) is 22.2. The van der Waals surface area contributed by atoms with Gasteiger partial charge in [-0.1, -0.05) is 11.3 Å². The van der Waals surface area contributed by atoms with Gasteiger partial charge in [-0.15, -0.1) is 0 Å². The number of thiazole rings is 1. The second-order valence-corrected chi connectivity index (χ2v) is 10.5. The van der Waals surface area contributed by atoms with Gasteiger partial charge in [0.2, 0.25) is 5.95 Å². The van der Waals surface area contributed by atoms with Crippen LogP contribution < -0.4 is 15.5 Å². The van der Waals surface area contributed by atoms with Gasteiger partial charge in [0.25, 0.3) is 0 Å². The molecule has 4 heterocycles. The summed E-state index contributed by atoms with van der Waals surface area (Å²) < 4.78 is 0.820. The highest BCUT2D eigenvalue weighted by molar-refractivity contribution is 7.22. The number of nitrogens with zero attached hydrogens (tertiary/aromatic N) is 6. The molecule has 3 aromatic heterocycles. The lowest BCUT2D eigenvalue weighted by atomic mass is 9.80. The molecule has 1 aromatic carbocycles. The number of fused-ring (bicyclic) bond motifs is 1. The Labute approximate surface area is 228 Å². The molecule has 0 unspecified atom stereocenters. The van der Waals surface area contributed by atoms with E-state index in [1.54, 1.807) is 37.6 Å². The molecule has 0 spiro atoms. The van der Waals surface area contributed by atoms with Gasteiger partial charge < -0.3 is 15.3 Å². The van der Waals surface area contributed by atoms with Crippen molar-refractivity contribution in [3.63, 3.8) is 0 Å². The predicted molar refractivity (Wildman–Crippen MR) is 148 cm³/mol. The normalized spacial score (nSPS) is 14.5. The van der Waals surface area contributed by atoms with Crippen molar-refractivity contribution in [3.8, 4) is 28.5 Å². The molecule has 12 heteroatoms. The number of carbonyl (C=O) groups is 2. The second-order valence-electron chi connectivity index (χ2n) is 9.54. The number of rotatable bonds is 6. The van der Waals surface area contributed by atoms with Gasteiger partial charge in [-0.25, -0.2) is 19.7 Å². The van der Waals surface area contributed by atoms with Crippen molar-refractivity contribution in [2.75, 3.05) is 29.9 Å². The maximum absolute atomic E-state index is 12.1. The SMILES string of the molecule is CCNC(=O)Nc1nc2cc(-c3cnc(N4CCC(C)(C(=O)O)CC4)nc3)cc(-c3cc(C#N)ccn3)c2s1. The van der Waals surface area contributed by atoms with Crippen LogP contribution in [0.1, 0.15) is 32.3 Å². The molecule has 3 N–H and O–H groups in total. The lowest BCUT2D eigenvalue weighted by molar-refractivity contribution is -0.149. The highest BCUT2D eigenvalue weighted by atomic mass is 32.1. The number of carboxylic acid groups (broad SMARTS) is 1. The van der Waals surface area contributed by atoms with Crippen LogP contribution in [0.15, 0.2) is 42.9 Å². The number of carbonyl (C=O) groups excluding carboxylic acids is 1. The van der Waals surface area contributed by atoms with E-state index in [1.807, 2.05) is 24.0 Å². The van der Waals surface area contributed by atoms with Crippen LogP contribution in [0.25, 0.3) is 32.6 Å². The molecule has 0 radical (unpaired) electrons. The van der Waals surface area contributed by atoms with Crippen molar-refractivity contribution in [1.82, 2.24) is 25.3 Å². The third-order valence-electron chi connectivity index (χ3n) is 6.85. The number of piperidine rings is 1. The Hall–Kier alpha value is -4.63. The molecule has 11 nitrogen and oxygen atoms in total. The van der Waals surface area contributed by atoms with Gasteiger partial charge in [-0.3, -0.25) is 15.1 Å². The number of pyridine rings is 1. The van der Waals surface area contributed by atoms with Gasteiger partial charge in [-0.05, 0) is 56.5 Å². The molecular formula is C27H26N8O3S. The van der Waals surface area contributed by atoms with Crippen LogP contribution in [0.2, 0.25) is 0 Å². The zero-order valence-electron chi connectivity index (χ0n) is 21.4. The van der Waals surface area contributed by atoms with Crippen LogP contribution in [-0.2, 0) is 4.79 Å². The maximum atomic E-state index is 12.1. The van der Waals surface area contributed by atoms with Crippen LogP contribution in [-0.4, -0.2) is 56.7 Å². The summed E-state index contributed by atoms with van der Waals surface area (Å²) in [5.41, 5.74) is 3.37. The lowest BCUT2D eigenvalue weighted by Crippen LogP contribution is -2.43. The Morgan fingerprint density at radius 1 is 1.15 bits per heavy atom. The molecule has 4 aromatic rings. The van der Waals surface area contributed by atoms with Crippen molar-refractivity contribution >= 4 is 44.6 Å². The largest absolute Gasteiger partial charge is 0.481 e. The van der Waals surface area contributed by atoms with E-state index in [-0.39, 0.29) is 6.03 Å². The summed E-state index contributed by atoms with van der Waals surface area (Å²) in [5, 5.41) is 24.8. The number of aliphatic carboxylic acids is 1. The number of aromatic nitrogens is 4. The molecule has 5 rings (SSSR count). The Kier molecular flexibility index (Phi) is 7.08. The molecular weight excluding hydrogens is 516 g/mol.